The SMILES string of the molecule is Cc1ccc(C(=O)Nc2cccc(SC(C)C(=O)Nc3cccc(Cl)c3Cl)c2)cc1. The highest BCUT2D eigenvalue weighted by molar-refractivity contribution is 8.00. The molecular formula is C23H20Cl2N2O2S. The number of carbonyl (C=O) groups is 2. The molecule has 7 heteroatoms. The number of carbonyl (C=O) groups excluding carboxylic acids is 2. The van der Waals surface area contributed by atoms with E-state index in [2.05, 4.69) is 10.6 Å². The lowest BCUT2D eigenvalue weighted by Gasteiger charge is -2.14. The van der Waals surface area contributed by atoms with E-state index in [1.165, 1.54) is 11.8 Å². The van der Waals surface area contributed by atoms with Gasteiger partial charge in [-0.1, -0.05) is 53.0 Å². The first-order chi connectivity index (χ1) is 14.3. The molecule has 4 nitrogen and oxygen atoms in total. The minimum atomic E-state index is -0.386. The molecule has 0 saturated carbocycles. The molecule has 0 bridgehead atoms. The highest BCUT2D eigenvalue weighted by atomic mass is 35.5. The standard InChI is InChI=1S/C23H20Cl2N2O2S/c1-14-9-11-16(12-10-14)23(29)26-17-5-3-6-18(13-17)30-15(2)22(28)27-20-8-4-7-19(24)21(20)25/h3-13,15H,1-2H3,(H,26,29)(H,27,28). The van der Waals surface area contributed by atoms with Gasteiger partial charge in [0.05, 0.1) is 21.0 Å². The number of benzene rings is 3. The maximum atomic E-state index is 12.6. The molecule has 0 saturated heterocycles. The van der Waals surface area contributed by atoms with E-state index >= 15 is 0 Å². The molecule has 3 rings (SSSR count). The Balaban J connectivity index is 1.64. The largest absolute Gasteiger partial charge is 0.324 e. The lowest BCUT2D eigenvalue weighted by atomic mass is 10.1. The Kier molecular flexibility index (Phi) is 7.43. The van der Waals surface area contributed by atoms with Gasteiger partial charge in [-0.15, -0.1) is 11.8 Å². The number of amides is 2. The minimum absolute atomic E-state index is 0.182. The van der Waals surface area contributed by atoms with Crippen LogP contribution in [-0.2, 0) is 4.79 Å². The van der Waals surface area contributed by atoms with Crippen LogP contribution in [0.4, 0.5) is 11.4 Å². The van der Waals surface area contributed by atoms with Crippen molar-refractivity contribution < 1.29 is 9.59 Å². The van der Waals surface area contributed by atoms with Crippen LogP contribution in [0.25, 0.3) is 0 Å². The maximum Gasteiger partial charge on any atom is 0.255 e. The zero-order chi connectivity index (χ0) is 21.7. The second kappa shape index (κ2) is 10.0. The third kappa shape index (κ3) is 5.79. The predicted molar refractivity (Wildman–Crippen MR) is 126 cm³/mol. The van der Waals surface area contributed by atoms with Crippen molar-refractivity contribution in [2.45, 2.75) is 24.0 Å². The number of thioether (sulfide) groups is 1. The van der Waals surface area contributed by atoms with Gasteiger partial charge in [-0.25, -0.2) is 0 Å². The Bertz CT molecular complexity index is 1070. The summed E-state index contributed by atoms with van der Waals surface area (Å²) in [4.78, 5) is 25.8. The van der Waals surface area contributed by atoms with E-state index in [1.54, 1.807) is 37.3 Å². The monoisotopic (exact) mass is 458 g/mol. The summed E-state index contributed by atoms with van der Waals surface area (Å²) in [5.74, 6) is -0.378. The average molecular weight is 459 g/mol. The topological polar surface area (TPSA) is 58.2 Å². The molecule has 3 aromatic carbocycles. The number of halogens is 2. The highest BCUT2D eigenvalue weighted by Gasteiger charge is 2.17. The molecule has 0 aliphatic carbocycles. The second-order valence-electron chi connectivity index (χ2n) is 6.70. The molecule has 0 radical (unpaired) electrons. The van der Waals surface area contributed by atoms with Crippen molar-refractivity contribution in [3.05, 3.63) is 87.9 Å². The Labute approximate surface area is 190 Å². The van der Waals surface area contributed by atoms with E-state index in [4.69, 9.17) is 23.2 Å². The van der Waals surface area contributed by atoms with Crippen LogP contribution in [0.3, 0.4) is 0 Å². The number of nitrogens with one attached hydrogen (secondary N) is 2. The number of hydrogen-bond acceptors (Lipinski definition) is 3. The van der Waals surface area contributed by atoms with Crippen molar-refractivity contribution in [3.63, 3.8) is 0 Å². The van der Waals surface area contributed by atoms with Crippen molar-refractivity contribution in [1.82, 2.24) is 0 Å². The average Bonchev–Trinajstić information content (AvgIpc) is 2.72. The fraction of sp³-hybridized carbons (Fsp3) is 0.130. The molecule has 0 aromatic heterocycles. The fourth-order valence-corrected chi connectivity index (χ4v) is 3.92. The van der Waals surface area contributed by atoms with Gasteiger partial charge in [-0.2, -0.15) is 0 Å². The quantitative estimate of drug-likeness (QED) is 0.405. The highest BCUT2D eigenvalue weighted by Crippen LogP contribution is 2.31. The second-order valence-corrected chi connectivity index (χ2v) is 8.90. The summed E-state index contributed by atoms with van der Waals surface area (Å²) in [6, 6.07) is 19.8. The van der Waals surface area contributed by atoms with Crippen LogP contribution in [-0.4, -0.2) is 17.1 Å². The van der Waals surface area contributed by atoms with Crippen molar-refractivity contribution in [3.8, 4) is 0 Å². The first kappa shape index (κ1) is 22.2. The molecule has 0 aliphatic heterocycles. The van der Waals surface area contributed by atoms with Gasteiger partial charge in [0.1, 0.15) is 0 Å². The van der Waals surface area contributed by atoms with E-state index in [9.17, 15) is 9.59 Å². The molecule has 0 aliphatic rings. The van der Waals surface area contributed by atoms with E-state index in [1.807, 2.05) is 43.3 Å². The lowest BCUT2D eigenvalue weighted by Crippen LogP contribution is -2.22. The van der Waals surface area contributed by atoms with Crippen LogP contribution in [0.1, 0.15) is 22.8 Å². The third-order valence-electron chi connectivity index (χ3n) is 4.30. The van der Waals surface area contributed by atoms with Gasteiger partial charge in [0.15, 0.2) is 0 Å². The van der Waals surface area contributed by atoms with Crippen LogP contribution >= 0.6 is 35.0 Å². The lowest BCUT2D eigenvalue weighted by molar-refractivity contribution is -0.115. The molecule has 0 heterocycles. The van der Waals surface area contributed by atoms with Gasteiger partial charge in [0, 0.05) is 16.1 Å². The molecule has 154 valence electrons. The maximum absolute atomic E-state index is 12.6. The molecule has 0 fully saturated rings. The molecule has 2 amide bonds. The zero-order valence-corrected chi connectivity index (χ0v) is 18.7. The van der Waals surface area contributed by atoms with Gasteiger partial charge < -0.3 is 10.6 Å². The van der Waals surface area contributed by atoms with Crippen LogP contribution in [0.5, 0.6) is 0 Å². The summed E-state index contributed by atoms with van der Waals surface area (Å²) >= 11 is 13.5. The first-order valence-corrected chi connectivity index (χ1v) is 10.9. The zero-order valence-electron chi connectivity index (χ0n) is 16.4. The van der Waals surface area contributed by atoms with Gasteiger partial charge in [-0.3, -0.25) is 9.59 Å². The first-order valence-electron chi connectivity index (χ1n) is 9.23. The van der Waals surface area contributed by atoms with Crippen LogP contribution < -0.4 is 10.6 Å². The van der Waals surface area contributed by atoms with Crippen molar-refractivity contribution >= 4 is 58.2 Å². The summed E-state index contributed by atoms with van der Waals surface area (Å²) < 4.78 is 0. The van der Waals surface area contributed by atoms with E-state index < -0.39 is 0 Å². The smallest absolute Gasteiger partial charge is 0.255 e. The normalized spacial score (nSPS) is 11.6. The van der Waals surface area contributed by atoms with Crippen LogP contribution in [0, 0.1) is 6.92 Å². The Morgan fingerprint density at radius 2 is 1.63 bits per heavy atom. The minimum Gasteiger partial charge on any atom is -0.324 e. The van der Waals surface area contributed by atoms with Crippen LogP contribution in [0.2, 0.25) is 10.0 Å². The van der Waals surface area contributed by atoms with Crippen molar-refractivity contribution in [2.75, 3.05) is 10.6 Å². The van der Waals surface area contributed by atoms with E-state index in [0.717, 1.165) is 10.5 Å². The number of anilines is 2. The molecule has 0 spiro atoms. The third-order valence-corrected chi connectivity index (χ3v) is 6.21. The molecule has 3 aromatic rings. The summed E-state index contributed by atoms with van der Waals surface area (Å²) in [6.07, 6.45) is 0. The number of hydrogen-bond donors (Lipinski definition) is 2. The molecule has 1 unspecified atom stereocenters. The predicted octanol–water partition coefficient (Wildman–Crippen LogP) is 6.67. The fourth-order valence-electron chi connectivity index (χ4n) is 2.65. The molecule has 1 atom stereocenters. The van der Waals surface area contributed by atoms with Gasteiger partial charge in [-0.05, 0) is 56.3 Å². The summed E-state index contributed by atoms with van der Waals surface area (Å²) in [5, 5.41) is 5.99. The van der Waals surface area contributed by atoms with Gasteiger partial charge >= 0.3 is 0 Å². The van der Waals surface area contributed by atoms with E-state index in [0.29, 0.717) is 27.0 Å². The van der Waals surface area contributed by atoms with Crippen LogP contribution in [0.15, 0.2) is 71.6 Å². The molecular weight excluding hydrogens is 439 g/mol. The van der Waals surface area contributed by atoms with E-state index in [-0.39, 0.29) is 17.1 Å². The van der Waals surface area contributed by atoms with Gasteiger partial charge in [0.25, 0.3) is 5.91 Å². The summed E-state index contributed by atoms with van der Waals surface area (Å²) in [6.45, 7) is 3.77. The summed E-state index contributed by atoms with van der Waals surface area (Å²) in [5.41, 5.74) is 2.82. The summed E-state index contributed by atoms with van der Waals surface area (Å²) in [7, 11) is 0. The van der Waals surface area contributed by atoms with Crippen molar-refractivity contribution in [1.29, 1.82) is 0 Å². The Morgan fingerprint density at radius 3 is 2.37 bits per heavy atom. The number of rotatable bonds is 6. The number of aryl methyl sites for hydroxylation is 1. The molecule has 30 heavy (non-hydrogen) atoms. The van der Waals surface area contributed by atoms with Crippen molar-refractivity contribution in [2.24, 2.45) is 0 Å². The van der Waals surface area contributed by atoms with Gasteiger partial charge in [0.2, 0.25) is 5.91 Å². The Hall–Kier alpha value is -2.47. The Morgan fingerprint density at radius 1 is 0.933 bits per heavy atom. The molecule has 2 N–H and O–H groups in total.